The second-order valence-corrected chi connectivity index (χ2v) is 4.64. The average Bonchev–Trinajstić information content (AvgIpc) is 2.41. The van der Waals surface area contributed by atoms with E-state index in [0.29, 0.717) is 17.3 Å². The van der Waals surface area contributed by atoms with Crippen molar-refractivity contribution in [1.29, 1.82) is 0 Å². The molecule has 0 aliphatic rings. The molecule has 0 bridgehead atoms. The second kappa shape index (κ2) is 5.22. The summed E-state index contributed by atoms with van der Waals surface area (Å²) in [6.45, 7) is 3.72. The number of para-hydroxylation sites is 1. The van der Waals surface area contributed by atoms with Gasteiger partial charge in [-0.1, -0.05) is 32.4 Å². The summed E-state index contributed by atoms with van der Waals surface area (Å²) in [6, 6.07) is 6.06. The van der Waals surface area contributed by atoms with Gasteiger partial charge in [-0.05, 0) is 18.1 Å². The molecule has 0 spiro atoms. The van der Waals surface area contributed by atoms with Gasteiger partial charge in [0.2, 0.25) is 0 Å². The van der Waals surface area contributed by atoms with Gasteiger partial charge in [0.15, 0.2) is 0 Å². The Morgan fingerprint density at radius 2 is 2.11 bits per heavy atom. The van der Waals surface area contributed by atoms with Crippen LogP contribution in [0.5, 0.6) is 0 Å². The van der Waals surface area contributed by atoms with E-state index in [9.17, 15) is 14.7 Å². The van der Waals surface area contributed by atoms with Gasteiger partial charge >= 0.3 is 5.97 Å². The van der Waals surface area contributed by atoms with E-state index in [1.54, 1.807) is 24.3 Å². The van der Waals surface area contributed by atoms with Gasteiger partial charge in [0.1, 0.15) is 6.04 Å². The summed E-state index contributed by atoms with van der Waals surface area (Å²) in [7, 11) is 0. The topological polar surface area (TPSA) is 72.2 Å². The minimum atomic E-state index is -1.01. The van der Waals surface area contributed by atoms with E-state index in [2.05, 4.69) is 4.98 Å². The highest BCUT2D eigenvalue weighted by atomic mass is 16.4. The zero-order chi connectivity index (χ0) is 14.0. The predicted molar refractivity (Wildman–Crippen MR) is 72.1 cm³/mol. The number of carboxylic acids is 1. The van der Waals surface area contributed by atoms with Crippen molar-refractivity contribution in [3.8, 4) is 0 Å². The van der Waals surface area contributed by atoms with Gasteiger partial charge in [0, 0.05) is 0 Å². The fourth-order valence-electron chi connectivity index (χ4n) is 2.14. The molecule has 19 heavy (non-hydrogen) atoms. The zero-order valence-electron chi connectivity index (χ0n) is 10.9. The van der Waals surface area contributed by atoms with Crippen molar-refractivity contribution in [2.24, 2.45) is 5.92 Å². The third kappa shape index (κ3) is 2.36. The van der Waals surface area contributed by atoms with Crippen molar-refractivity contribution >= 4 is 16.9 Å². The summed E-state index contributed by atoms with van der Waals surface area (Å²) < 4.78 is 1.22. The maximum atomic E-state index is 12.4. The van der Waals surface area contributed by atoms with E-state index in [4.69, 9.17) is 0 Å². The van der Waals surface area contributed by atoms with Crippen LogP contribution in [0.2, 0.25) is 0 Å². The van der Waals surface area contributed by atoms with Crippen molar-refractivity contribution in [2.75, 3.05) is 0 Å². The maximum Gasteiger partial charge on any atom is 0.327 e. The van der Waals surface area contributed by atoms with Gasteiger partial charge in [0.05, 0.1) is 17.2 Å². The van der Waals surface area contributed by atoms with Crippen LogP contribution in [-0.2, 0) is 4.79 Å². The molecule has 1 heterocycles. The van der Waals surface area contributed by atoms with Gasteiger partial charge in [0.25, 0.3) is 5.56 Å². The number of aliphatic carboxylic acids is 1. The van der Waals surface area contributed by atoms with E-state index < -0.39 is 12.0 Å². The number of nitrogens with zero attached hydrogens (tertiary/aromatic N) is 2. The van der Waals surface area contributed by atoms with Crippen molar-refractivity contribution < 1.29 is 9.90 Å². The third-order valence-electron chi connectivity index (χ3n) is 3.43. The van der Waals surface area contributed by atoms with Gasteiger partial charge in [-0.3, -0.25) is 9.36 Å². The molecule has 2 rings (SSSR count). The minimum absolute atomic E-state index is 0.141. The normalized spacial score (nSPS) is 14.2. The highest BCUT2D eigenvalue weighted by Crippen LogP contribution is 2.20. The number of rotatable bonds is 4. The first-order valence-electron chi connectivity index (χ1n) is 6.25. The quantitative estimate of drug-likeness (QED) is 0.913. The van der Waals surface area contributed by atoms with Crippen molar-refractivity contribution in [3.05, 3.63) is 40.9 Å². The van der Waals surface area contributed by atoms with E-state index >= 15 is 0 Å². The molecule has 0 amide bonds. The lowest BCUT2D eigenvalue weighted by molar-refractivity contribution is -0.142. The Balaban J connectivity index is 2.64. The second-order valence-electron chi connectivity index (χ2n) is 4.64. The summed E-state index contributed by atoms with van der Waals surface area (Å²) in [6.07, 6.45) is 2.01. The fraction of sp³-hybridized carbons (Fsp3) is 0.357. The summed E-state index contributed by atoms with van der Waals surface area (Å²) in [4.78, 5) is 27.9. The number of hydrogen-bond donors (Lipinski definition) is 1. The monoisotopic (exact) mass is 260 g/mol. The Morgan fingerprint density at radius 1 is 1.42 bits per heavy atom. The molecule has 100 valence electrons. The van der Waals surface area contributed by atoms with Crippen LogP contribution in [0.1, 0.15) is 26.3 Å². The number of benzene rings is 1. The van der Waals surface area contributed by atoms with Crippen LogP contribution < -0.4 is 5.56 Å². The lowest BCUT2D eigenvalue weighted by atomic mass is 9.99. The molecule has 2 atom stereocenters. The van der Waals surface area contributed by atoms with Gasteiger partial charge in [-0.15, -0.1) is 0 Å². The molecule has 5 heteroatoms. The van der Waals surface area contributed by atoms with Crippen LogP contribution in [0.3, 0.4) is 0 Å². The molecule has 5 nitrogen and oxygen atoms in total. The summed E-state index contributed by atoms with van der Waals surface area (Å²) in [5.41, 5.74) is 0.273. The first-order chi connectivity index (χ1) is 9.06. The molecular weight excluding hydrogens is 244 g/mol. The molecule has 0 saturated carbocycles. The number of hydrogen-bond acceptors (Lipinski definition) is 3. The Bertz CT molecular complexity index is 663. The van der Waals surface area contributed by atoms with Gasteiger partial charge < -0.3 is 5.11 Å². The molecule has 0 aliphatic heterocycles. The standard InChI is InChI=1S/C14H16N2O3/c1-3-9(2)12(14(18)19)16-8-15-11-7-5-4-6-10(11)13(16)17/h4-9,12H,3H2,1-2H3,(H,18,19). The number of carboxylic acid groups (broad SMARTS) is 1. The van der Waals surface area contributed by atoms with E-state index in [1.165, 1.54) is 10.9 Å². The lowest BCUT2D eigenvalue weighted by Gasteiger charge is -2.21. The maximum absolute atomic E-state index is 12.4. The fourth-order valence-corrected chi connectivity index (χ4v) is 2.14. The molecular formula is C14H16N2O3. The number of fused-ring (bicyclic) bond motifs is 1. The van der Waals surface area contributed by atoms with Crippen LogP contribution in [0.25, 0.3) is 10.9 Å². The Kier molecular flexibility index (Phi) is 3.64. The van der Waals surface area contributed by atoms with Crippen molar-refractivity contribution in [1.82, 2.24) is 9.55 Å². The van der Waals surface area contributed by atoms with Crippen molar-refractivity contribution in [2.45, 2.75) is 26.3 Å². The average molecular weight is 260 g/mol. The predicted octanol–water partition coefficient (Wildman–Crippen LogP) is 2.07. The molecule has 1 aromatic carbocycles. The van der Waals surface area contributed by atoms with Gasteiger partial charge in [-0.25, -0.2) is 9.78 Å². The molecule has 0 radical (unpaired) electrons. The molecule has 1 N–H and O–H groups in total. The molecule has 2 aromatic rings. The lowest BCUT2D eigenvalue weighted by Crippen LogP contribution is -2.34. The highest BCUT2D eigenvalue weighted by molar-refractivity contribution is 5.78. The van der Waals surface area contributed by atoms with Crippen molar-refractivity contribution in [3.63, 3.8) is 0 Å². The molecule has 1 aromatic heterocycles. The Morgan fingerprint density at radius 3 is 2.74 bits per heavy atom. The van der Waals surface area contributed by atoms with Crippen LogP contribution in [0.4, 0.5) is 0 Å². The summed E-state index contributed by atoms with van der Waals surface area (Å²) in [5, 5.41) is 9.78. The van der Waals surface area contributed by atoms with Crippen LogP contribution in [0, 0.1) is 5.92 Å². The first-order valence-corrected chi connectivity index (χ1v) is 6.25. The first kappa shape index (κ1) is 13.3. The van der Waals surface area contributed by atoms with E-state index in [1.807, 2.05) is 13.8 Å². The smallest absolute Gasteiger partial charge is 0.327 e. The summed E-state index contributed by atoms with van der Waals surface area (Å²) in [5.74, 6) is -1.15. The van der Waals surface area contributed by atoms with Gasteiger partial charge in [-0.2, -0.15) is 0 Å². The number of carbonyl (C=O) groups is 1. The zero-order valence-corrected chi connectivity index (χ0v) is 10.9. The summed E-state index contributed by atoms with van der Waals surface area (Å²) >= 11 is 0. The molecule has 2 unspecified atom stereocenters. The number of aromatic nitrogens is 2. The Hall–Kier alpha value is -2.17. The van der Waals surface area contributed by atoms with E-state index in [0.717, 1.165) is 0 Å². The molecule has 0 saturated heterocycles. The SMILES string of the molecule is CCC(C)C(C(=O)O)n1cnc2ccccc2c1=O. The molecule has 0 fully saturated rings. The highest BCUT2D eigenvalue weighted by Gasteiger charge is 2.26. The minimum Gasteiger partial charge on any atom is -0.480 e. The van der Waals surface area contributed by atoms with Crippen LogP contribution in [-0.4, -0.2) is 20.6 Å². The molecule has 0 aliphatic carbocycles. The van der Waals surface area contributed by atoms with Crippen LogP contribution in [0.15, 0.2) is 35.4 Å². The van der Waals surface area contributed by atoms with Crippen LogP contribution >= 0.6 is 0 Å². The largest absolute Gasteiger partial charge is 0.480 e. The third-order valence-corrected chi connectivity index (χ3v) is 3.43. The Labute approximate surface area is 110 Å². The van der Waals surface area contributed by atoms with E-state index in [-0.39, 0.29) is 11.5 Å².